The lowest BCUT2D eigenvalue weighted by atomic mass is 10.1. The van der Waals surface area contributed by atoms with E-state index >= 15 is 0 Å². The normalized spacial score (nSPS) is 11.7. The second-order valence-electron chi connectivity index (χ2n) is 5.48. The van der Waals surface area contributed by atoms with Crippen molar-refractivity contribution >= 4 is 29.2 Å². The maximum atomic E-state index is 2.20. The fourth-order valence-electron chi connectivity index (χ4n) is 2.12. The van der Waals surface area contributed by atoms with Gasteiger partial charge < -0.3 is 4.90 Å². The van der Waals surface area contributed by atoms with Crippen molar-refractivity contribution in [1.82, 2.24) is 0 Å². The third-order valence-corrected chi connectivity index (χ3v) is 5.05. The van der Waals surface area contributed by atoms with E-state index in [1.807, 2.05) is 11.3 Å². The van der Waals surface area contributed by atoms with Crippen molar-refractivity contribution in [2.75, 3.05) is 19.0 Å². The third-order valence-electron chi connectivity index (χ3n) is 3.78. The Kier molecular flexibility index (Phi) is 5.03. The number of allylic oxidation sites excluding steroid dienone is 2. The molecule has 1 heterocycles. The van der Waals surface area contributed by atoms with Gasteiger partial charge in [0.05, 0.1) is 0 Å². The summed E-state index contributed by atoms with van der Waals surface area (Å²) in [4.78, 5) is 4.88. The summed E-state index contributed by atoms with van der Waals surface area (Å²) < 4.78 is 0. The Morgan fingerprint density at radius 3 is 2.00 bits per heavy atom. The van der Waals surface area contributed by atoms with Gasteiger partial charge in [0.1, 0.15) is 0 Å². The summed E-state index contributed by atoms with van der Waals surface area (Å²) in [7, 11) is 4.11. The quantitative estimate of drug-likeness (QED) is 0.677. The van der Waals surface area contributed by atoms with Gasteiger partial charge in [0.15, 0.2) is 0 Å². The highest BCUT2D eigenvalue weighted by Gasteiger charge is 2.04. The van der Waals surface area contributed by atoms with E-state index in [4.69, 9.17) is 0 Å². The first-order valence-electron chi connectivity index (χ1n) is 7.17. The summed E-state index contributed by atoms with van der Waals surface area (Å²) in [5.41, 5.74) is 5.27. The van der Waals surface area contributed by atoms with Gasteiger partial charge in [-0.2, -0.15) is 0 Å². The minimum atomic E-state index is 1.22. The molecule has 0 fully saturated rings. The molecule has 2 aromatic rings. The first-order chi connectivity index (χ1) is 9.99. The van der Waals surface area contributed by atoms with Crippen molar-refractivity contribution in [3.63, 3.8) is 0 Å². The fourth-order valence-corrected chi connectivity index (χ4v) is 3.21. The SMILES string of the molecule is Cc1sc(/C=C/C=C/c2ccc(N(C)C)cc2)c(C)c1C. The predicted octanol–water partition coefficient (Wildman–Crippen LogP) is 5.47. The summed E-state index contributed by atoms with van der Waals surface area (Å²) in [6.45, 7) is 6.58. The zero-order chi connectivity index (χ0) is 15.4. The van der Waals surface area contributed by atoms with Crippen LogP contribution in [0.25, 0.3) is 12.2 Å². The molecule has 0 aliphatic heterocycles. The number of aryl methyl sites for hydroxylation is 1. The lowest BCUT2D eigenvalue weighted by Gasteiger charge is -2.11. The molecule has 0 saturated carbocycles. The number of nitrogens with zero attached hydrogens (tertiary/aromatic N) is 1. The van der Waals surface area contributed by atoms with E-state index < -0.39 is 0 Å². The predicted molar refractivity (Wildman–Crippen MR) is 97.4 cm³/mol. The molecule has 110 valence electrons. The summed E-state index contributed by atoms with van der Waals surface area (Å²) in [5, 5.41) is 0. The molecule has 1 nitrogen and oxygen atoms in total. The average Bonchev–Trinajstić information content (AvgIpc) is 2.71. The minimum Gasteiger partial charge on any atom is -0.378 e. The molecule has 2 heteroatoms. The number of hydrogen-bond acceptors (Lipinski definition) is 2. The van der Waals surface area contributed by atoms with Crippen LogP contribution in [0, 0.1) is 20.8 Å². The summed E-state index contributed by atoms with van der Waals surface area (Å²) >= 11 is 1.87. The van der Waals surface area contributed by atoms with Gasteiger partial charge in [0, 0.05) is 29.5 Å². The number of rotatable bonds is 4. The van der Waals surface area contributed by atoms with Crippen LogP contribution in [0.15, 0.2) is 36.4 Å². The van der Waals surface area contributed by atoms with E-state index in [0.29, 0.717) is 0 Å². The van der Waals surface area contributed by atoms with Crippen LogP contribution in [-0.2, 0) is 0 Å². The van der Waals surface area contributed by atoms with E-state index in [1.165, 1.54) is 32.1 Å². The smallest absolute Gasteiger partial charge is 0.0361 e. The van der Waals surface area contributed by atoms with E-state index in [0.717, 1.165) is 0 Å². The molecule has 0 N–H and O–H groups in total. The molecule has 0 atom stereocenters. The van der Waals surface area contributed by atoms with E-state index in [-0.39, 0.29) is 0 Å². The molecule has 0 unspecified atom stereocenters. The maximum absolute atomic E-state index is 2.20. The van der Waals surface area contributed by atoms with Gasteiger partial charge in [0.2, 0.25) is 0 Å². The highest BCUT2D eigenvalue weighted by Crippen LogP contribution is 2.27. The Hall–Kier alpha value is -1.80. The van der Waals surface area contributed by atoms with Crippen molar-refractivity contribution in [1.29, 1.82) is 0 Å². The van der Waals surface area contributed by atoms with Crippen LogP contribution in [0.4, 0.5) is 5.69 Å². The molecule has 0 spiro atoms. The number of thiophene rings is 1. The van der Waals surface area contributed by atoms with Crippen molar-refractivity contribution in [3.05, 3.63) is 62.9 Å². The van der Waals surface area contributed by atoms with Crippen LogP contribution in [0.2, 0.25) is 0 Å². The average molecular weight is 297 g/mol. The van der Waals surface area contributed by atoms with Crippen molar-refractivity contribution in [2.45, 2.75) is 20.8 Å². The van der Waals surface area contributed by atoms with E-state index in [9.17, 15) is 0 Å². The van der Waals surface area contributed by atoms with Gasteiger partial charge in [-0.25, -0.2) is 0 Å². The second kappa shape index (κ2) is 6.77. The molecule has 0 aliphatic rings. The Morgan fingerprint density at radius 2 is 1.48 bits per heavy atom. The molecule has 21 heavy (non-hydrogen) atoms. The van der Waals surface area contributed by atoms with Crippen molar-refractivity contribution < 1.29 is 0 Å². The van der Waals surface area contributed by atoms with Crippen LogP contribution in [0.1, 0.15) is 26.4 Å². The zero-order valence-electron chi connectivity index (χ0n) is 13.5. The molecular formula is C19H23NS. The molecule has 2 rings (SSSR count). The van der Waals surface area contributed by atoms with Crippen LogP contribution >= 0.6 is 11.3 Å². The number of anilines is 1. The van der Waals surface area contributed by atoms with Gasteiger partial charge in [-0.1, -0.05) is 30.4 Å². The minimum absolute atomic E-state index is 1.22. The van der Waals surface area contributed by atoms with Crippen LogP contribution < -0.4 is 4.90 Å². The molecule has 1 aromatic carbocycles. The van der Waals surface area contributed by atoms with Gasteiger partial charge in [-0.15, -0.1) is 11.3 Å². The van der Waals surface area contributed by atoms with Crippen LogP contribution in [0.5, 0.6) is 0 Å². The van der Waals surface area contributed by atoms with Gasteiger partial charge in [-0.3, -0.25) is 0 Å². The Bertz CT molecular complexity index is 658. The molecule has 0 saturated heterocycles. The standard InChI is InChI=1S/C19H23NS/c1-14-15(2)19(21-16(14)3)9-7-6-8-17-10-12-18(13-11-17)20(4)5/h6-13H,1-5H3/b8-6+,9-7+. The van der Waals surface area contributed by atoms with E-state index in [1.54, 1.807) is 0 Å². The summed E-state index contributed by atoms with van der Waals surface area (Å²) in [5.74, 6) is 0. The molecular weight excluding hydrogens is 274 g/mol. The monoisotopic (exact) mass is 297 g/mol. The lowest BCUT2D eigenvalue weighted by molar-refractivity contribution is 1.13. The van der Waals surface area contributed by atoms with Crippen molar-refractivity contribution in [3.8, 4) is 0 Å². The second-order valence-corrected chi connectivity index (χ2v) is 6.73. The Balaban J connectivity index is 2.04. The van der Waals surface area contributed by atoms with Gasteiger partial charge in [0.25, 0.3) is 0 Å². The molecule has 0 amide bonds. The van der Waals surface area contributed by atoms with Crippen LogP contribution in [-0.4, -0.2) is 14.1 Å². The highest BCUT2D eigenvalue weighted by atomic mass is 32.1. The molecule has 0 aliphatic carbocycles. The molecule has 0 radical (unpaired) electrons. The topological polar surface area (TPSA) is 3.24 Å². The number of benzene rings is 1. The Morgan fingerprint density at radius 1 is 0.857 bits per heavy atom. The van der Waals surface area contributed by atoms with Gasteiger partial charge >= 0.3 is 0 Å². The fraction of sp³-hybridized carbons (Fsp3) is 0.263. The maximum Gasteiger partial charge on any atom is 0.0361 e. The summed E-state index contributed by atoms with van der Waals surface area (Å²) in [6, 6.07) is 8.56. The summed E-state index contributed by atoms with van der Waals surface area (Å²) in [6.07, 6.45) is 8.56. The zero-order valence-corrected chi connectivity index (χ0v) is 14.3. The lowest BCUT2D eigenvalue weighted by Crippen LogP contribution is -2.07. The highest BCUT2D eigenvalue weighted by molar-refractivity contribution is 7.13. The van der Waals surface area contributed by atoms with Crippen LogP contribution in [0.3, 0.4) is 0 Å². The first-order valence-corrected chi connectivity index (χ1v) is 7.99. The third kappa shape index (κ3) is 3.85. The number of hydrogen-bond donors (Lipinski definition) is 0. The van der Waals surface area contributed by atoms with Crippen molar-refractivity contribution in [2.24, 2.45) is 0 Å². The Labute approximate surface area is 132 Å². The van der Waals surface area contributed by atoms with E-state index in [2.05, 4.69) is 88.3 Å². The van der Waals surface area contributed by atoms with Gasteiger partial charge in [-0.05, 0) is 55.7 Å². The molecule has 0 bridgehead atoms. The largest absolute Gasteiger partial charge is 0.378 e. The molecule has 1 aromatic heterocycles. The first kappa shape index (κ1) is 15.6.